The molecule has 2 saturated carbocycles. The summed E-state index contributed by atoms with van der Waals surface area (Å²) in [6, 6.07) is 2.44. The van der Waals surface area contributed by atoms with Gasteiger partial charge in [-0.15, -0.1) is 0 Å². The van der Waals surface area contributed by atoms with Gasteiger partial charge in [-0.05, 0) is 76.8 Å². The first-order valence-electron chi connectivity index (χ1n) is 18.7. The van der Waals surface area contributed by atoms with Crippen molar-refractivity contribution in [2.75, 3.05) is 6.54 Å². The molecule has 0 bridgehead atoms. The molecule has 2 unspecified atom stereocenters. The van der Waals surface area contributed by atoms with Crippen molar-refractivity contribution in [3.8, 4) is 0 Å². The first kappa shape index (κ1) is 40.1. The number of alkyl carbamates (subject to hydrolysis) is 1. The Morgan fingerprint density at radius 3 is 2.49 bits per heavy atom. The van der Waals surface area contributed by atoms with Crippen LogP contribution in [-0.4, -0.2) is 90.9 Å². The Morgan fingerprint density at radius 2 is 1.81 bits per heavy atom. The number of carbonyl (C=O) groups is 5. The van der Waals surface area contributed by atoms with E-state index < -0.39 is 74.8 Å². The zero-order chi connectivity index (χ0) is 38.7. The monoisotopic (exact) mass is 759 g/mol. The number of halogens is 1. The van der Waals surface area contributed by atoms with Gasteiger partial charge < -0.3 is 25.0 Å². The molecule has 15 heteroatoms. The number of ether oxygens (including phenoxy) is 2. The summed E-state index contributed by atoms with van der Waals surface area (Å²) in [6.07, 6.45) is 6.18. The van der Waals surface area contributed by atoms with Crippen LogP contribution in [0, 0.1) is 11.7 Å². The van der Waals surface area contributed by atoms with E-state index in [1.807, 2.05) is 26.0 Å². The second-order valence-electron chi connectivity index (χ2n) is 15.4. The molecule has 3 heterocycles. The second kappa shape index (κ2) is 16.1. The molecule has 2 aliphatic carbocycles. The van der Waals surface area contributed by atoms with E-state index in [0.29, 0.717) is 36.8 Å². The van der Waals surface area contributed by atoms with Gasteiger partial charge in [0.25, 0.3) is 5.91 Å². The third kappa shape index (κ3) is 9.51. The molecule has 5 amide bonds. The molecule has 1 aromatic carbocycles. The van der Waals surface area contributed by atoms with Gasteiger partial charge in [0.2, 0.25) is 11.8 Å². The third-order valence-corrected chi connectivity index (χ3v) is 12.2. The number of hydrogen-bond acceptors (Lipinski definition) is 8. The van der Waals surface area contributed by atoms with Crippen LogP contribution in [0.3, 0.4) is 0 Å². The molecule has 0 spiro atoms. The van der Waals surface area contributed by atoms with Gasteiger partial charge in [-0.25, -0.2) is 18.2 Å². The van der Waals surface area contributed by atoms with E-state index in [1.54, 1.807) is 32.9 Å². The average Bonchev–Trinajstić information content (AvgIpc) is 3.97. The van der Waals surface area contributed by atoms with E-state index in [-0.39, 0.29) is 50.1 Å². The normalized spacial score (nSPS) is 28.9. The second-order valence-corrected chi connectivity index (χ2v) is 17.7. The van der Waals surface area contributed by atoms with Gasteiger partial charge >= 0.3 is 12.2 Å². The summed E-state index contributed by atoms with van der Waals surface area (Å²) in [5.74, 6) is 1.20. The van der Waals surface area contributed by atoms with Crippen molar-refractivity contribution in [3.05, 3.63) is 47.3 Å². The molecule has 13 nitrogen and oxygen atoms in total. The number of hydrogen-bond donors (Lipinski definition) is 3. The molecule has 1 aromatic rings. The molecule has 292 valence electrons. The van der Waals surface area contributed by atoms with Crippen molar-refractivity contribution in [1.82, 2.24) is 25.2 Å². The number of nitrogens with one attached hydrogen (secondary N) is 3. The fourth-order valence-electron chi connectivity index (χ4n) is 7.12. The summed E-state index contributed by atoms with van der Waals surface area (Å²) in [7, 11) is -2.92. The number of nitrogens with zero attached hydrogens (tertiary/aromatic N) is 2. The van der Waals surface area contributed by atoms with Crippen molar-refractivity contribution < 1.29 is 42.0 Å². The Kier molecular flexibility index (Phi) is 12.1. The van der Waals surface area contributed by atoms with Crippen molar-refractivity contribution in [1.29, 1.82) is 0 Å². The smallest absolute Gasteiger partial charge is 0.410 e. The molecule has 0 radical (unpaired) electrons. The fourth-order valence-corrected chi connectivity index (χ4v) is 8.68. The topological polar surface area (TPSA) is 163 Å². The highest BCUT2D eigenvalue weighted by Crippen LogP contribution is 2.46. The molecule has 1 saturated heterocycles. The quantitative estimate of drug-likeness (QED) is 0.293. The minimum atomic E-state index is -2.92. The van der Waals surface area contributed by atoms with Crippen LogP contribution in [0.4, 0.5) is 14.0 Å². The predicted octanol–water partition coefficient (Wildman–Crippen LogP) is 4.47. The first-order chi connectivity index (χ1) is 25.1. The highest BCUT2D eigenvalue weighted by molar-refractivity contribution is 7.99. The van der Waals surface area contributed by atoms with Crippen LogP contribution in [0.15, 0.2) is 30.4 Å². The maximum absolute atomic E-state index is 14.4. The van der Waals surface area contributed by atoms with E-state index in [0.717, 1.165) is 12.8 Å². The van der Waals surface area contributed by atoms with Crippen molar-refractivity contribution in [2.45, 2.75) is 140 Å². The molecule has 53 heavy (non-hydrogen) atoms. The highest BCUT2D eigenvalue weighted by atomic mass is 32.2. The third-order valence-electron chi connectivity index (χ3n) is 10.1. The van der Waals surface area contributed by atoms with Crippen LogP contribution in [0.2, 0.25) is 0 Å². The lowest BCUT2D eigenvalue weighted by molar-refractivity contribution is -0.141. The number of rotatable bonds is 5. The van der Waals surface area contributed by atoms with Crippen LogP contribution in [0.1, 0.15) is 104 Å². The molecular formula is C38H54FN5O8S. The molecule has 3 N–H and O–H groups in total. The van der Waals surface area contributed by atoms with Crippen LogP contribution in [-0.2, 0) is 46.7 Å². The van der Waals surface area contributed by atoms with Crippen LogP contribution < -0.4 is 15.4 Å². The summed E-state index contributed by atoms with van der Waals surface area (Å²) in [4.78, 5) is 71.2. The average molecular weight is 760 g/mol. The van der Waals surface area contributed by atoms with E-state index in [2.05, 4.69) is 21.2 Å². The van der Waals surface area contributed by atoms with Crippen molar-refractivity contribution in [2.24, 2.45) is 5.92 Å². The molecule has 6 atom stereocenters. The maximum atomic E-state index is 14.4. The Labute approximate surface area is 311 Å². The molecule has 6 rings (SSSR count). The Morgan fingerprint density at radius 1 is 1.08 bits per heavy atom. The number of carbonyl (C=O) groups excluding carboxylic acids is 5. The molecular weight excluding hydrogens is 706 g/mol. The van der Waals surface area contributed by atoms with Crippen LogP contribution in [0.25, 0.3) is 0 Å². The van der Waals surface area contributed by atoms with Gasteiger partial charge in [-0.3, -0.25) is 24.0 Å². The van der Waals surface area contributed by atoms with Crippen LogP contribution >= 0.6 is 0 Å². The number of allylic oxidation sites excluding steroid dienone is 1. The van der Waals surface area contributed by atoms with Crippen molar-refractivity contribution >= 4 is 45.5 Å². The predicted molar refractivity (Wildman–Crippen MR) is 198 cm³/mol. The lowest BCUT2D eigenvalue weighted by atomic mass is 10.0. The molecule has 3 aliphatic heterocycles. The maximum Gasteiger partial charge on any atom is 0.410 e. The Hall–Kier alpha value is -4.14. The van der Waals surface area contributed by atoms with E-state index in [1.165, 1.54) is 15.9 Å². The minimum absolute atomic E-state index is 0.0187. The lowest BCUT2D eigenvalue weighted by Gasteiger charge is -2.30. The number of benzene rings is 1. The minimum Gasteiger partial charge on any atom is -0.444 e. The number of fused-ring (bicyclic) bond motifs is 3. The van der Waals surface area contributed by atoms with Gasteiger partial charge in [-0.2, -0.15) is 0 Å². The Bertz CT molecular complexity index is 1720. The first-order valence-corrected chi connectivity index (χ1v) is 20.5. The van der Waals surface area contributed by atoms with E-state index in [4.69, 9.17) is 9.47 Å². The summed E-state index contributed by atoms with van der Waals surface area (Å²) in [6.45, 7) is 9.14. The standard InChI is InChI=1S/C36H48FN5O8S.C2H6/c1-35(2,3)50-33(46)38-28-14-9-7-5-6-8-12-23-18-36(23,32(45)40-51(4,48)25-15-16-25)39-30(43)29-17-24(20-42(29)31(28)44)49-34(47)41-19-22-11-10-13-27(37)26(22)21-41;1-2/h8,10-13,23-25,28-29H,4-7,9,14-21H2,1-3H3,(H,38,46)(H,39,43)(H,40,45,48);1-2H3/b12-8-;/t23-,24-,28+,29?,36-,51?;/m1./s1. The van der Waals surface area contributed by atoms with E-state index >= 15 is 0 Å². The van der Waals surface area contributed by atoms with Crippen molar-refractivity contribution in [3.63, 3.8) is 0 Å². The highest BCUT2D eigenvalue weighted by Gasteiger charge is 2.61. The molecule has 0 aromatic heterocycles. The zero-order valence-corrected chi connectivity index (χ0v) is 32.2. The van der Waals surface area contributed by atoms with E-state index in [9.17, 15) is 32.6 Å². The summed E-state index contributed by atoms with van der Waals surface area (Å²) in [5, 5.41) is 5.37. The zero-order valence-electron chi connectivity index (χ0n) is 31.4. The summed E-state index contributed by atoms with van der Waals surface area (Å²) >= 11 is 0. The van der Waals surface area contributed by atoms with Crippen LogP contribution in [0.5, 0.6) is 0 Å². The number of amides is 5. The summed E-state index contributed by atoms with van der Waals surface area (Å²) in [5.41, 5.74) is -1.14. The Balaban J connectivity index is 0.00000266. The van der Waals surface area contributed by atoms with Gasteiger partial charge in [0.05, 0.1) is 22.8 Å². The summed E-state index contributed by atoms with van der Waals surface area (Å²) < 4.78 is 41.5. The van der Waals surface area contributed by atoms with Gasteiger partial charge in [-0.1, -0.05) is 51.0 Å². The molecule has 5 aliphatic rings. The molecule has 3 fully saturated rings. The SMILES string of the molecule is C=S(=O)(NC(=O)[C@@]12C[C@H]1/C=C\CCCCC[C@H](NC(=O)OC(C)(C)C)C(=O)N1C[C@H](OC(=O)N3Cc4cccc(F)c4C3)CC1C(=O)N2)C1CC1.CC. The van der Waals surface area contributed by atoms with Gasteiger partial charge in [0, 0.05) is 29.7 Å². The largest absolute Gasteiger partial charge is 0.444 e. The lowest BCUT2D eigenvalue weighted by Crippen LogP contribution is -2.58. The van der Waals surface area contributed by atoms with Gasteiger partial charge in [0.15, 0.2) is 0 Å². The van der Waals surface area contributed by atoms with Gasteiger partial charge in [0.1, 0.15) is 35.1 Å². The fraction of sp³-hybridized carbons (Fsp3) is 0.632.